The van der Waals surface area contributed by atoms with E-state index >= 15 is 0 Å². The summed E-state index contributed by atoms with van der Waals surface area (Å²) in [7, 11) is 0. The van der Waals surface area contributed by atoms with Crippen molar-refractivity contribution in [2.45, 2.75) is 6.92 Å². The molecule has 0 heterocycles. The van der Waals surface area contributed by atoms with Crippen molar-refractivity contribution in [3.8, 4) is 0 Å². The molecule has 0 aromatic heterocycles. The number of carbonyl (C=O) groups excluding carboxylic acids is 1. The van der Waals surface area contributed by atoms with Gasteiger partial charge >= 0.3 is 0 Å². The Morgan fingerprint density at radius 3 is 2.74 bits per heavy atom. The molecule has 0 spiro atoms. The van der Waals surface area contributed by atoms with Gasteiger partial charge in [-0.05, 0) is 58.7 Å². The minimum absolute atomic E-state index is 0.0104. The van der Waals surface area contributed by atoms with Crippen LogP contribution in [-0.4, -0.2) is 5.91 Å². The first kappa shape index (κ1) is 14.0. The van der Waals surface area contributed by atoms with E-state index in [2.05, 4.69) is 21.2 Å². The maximum Gasteiger partial charge on any atom is 0.258 e. The minimum Gasteiger partial charge on any atom is -0.322 e. The summed E-state index contributed by atoms with van der Waals surface area (Å²) >= 11 is 8.89. The Morgan fingerprint density at radius 2 is 2.05 bits per heavy atom. The minimum atomic E-state index is -0.577. The molecule has 2 aromatic carbocycles. The summed E-state index contributed by atoms with van der Waals surface area (Å²) < 4.78 is 14.0. The van der Waals surface area contributed by atoms with Crippen molar-refractivity contribution in [2.75, 3.05) is 5.32 Å². The topological polar surface area (TPSA) is 29.1 Å². The van der Waals surface area contributed by atoms with E-state index < -0.39 is 11.7 Å². The first-order valence-corrected chi connectivity index (χ1v) is 6.67. The standard InChI is InChI=1S/C14H10BrClFNO/c1-8-7-9(16)5-6-12(8)18-14(19)10-3-2-4-11(15)13(10)17/h2-7H,1H3,(H,18,19). The van der Waals surface area contributed by atoms with E-state index in [1.807, 2.05) is 6.92 Å². The average molecular weight is 343 g/mol. The molecular formula is C14H10BrClFNO. The van der Waals surface area contributed by atoms with Gasteiger partial charge in [-0.2, -0.15) is 0 Å². The highest BCUT2D eigenvalue weighted by molar-refractivity contribution is 9.10. The lowest BCUT2D eigenvalue weighted by atomic mass is 10.1. The predicted octanol–water partition coefficient (Wildman–Crippen LogP) is 4.80. The summed E-state index contributed by atoms with van der Waals surface area (Å²) in [4.78, 5) is 12.0. The molecule has 0 aliphatic carbocycles. The third-order valence-corrected chi connectivity index (χ3v) is 3.48. The molecule has 0 radical (unpaired) electrons. The maximum atomic E-state index is 13.8. The molecule has 0 fully saturated rings. The first-order valence-electron chi connectivity index (χ1n) is 5.50. The summed E-state index contributed by atoms with van der Waals surface area (Å²) in [6.45, 7) is 1.82. The highest BCUT2D eigenvalue weighted by atomic mass is 79.9. The molecule has 0 atom stereocenters. The van der Waals surface area contributed by atoms with Crippen LogP contribution in [0.4, 0.5) is 10.1 Å². The molecule has 2 nitrogen and oxygen atoms in total. The van der Waals surface area contributed by atoms with Gasteiger partial charge in [-0.1, -0.05) is 17.7 Å². The van der Waals surface area contributed by atoms with Crippen LogP contribution in [0.5, 0.6) is 0 Å². The number of hydrogen-bond donors (Lipinski definition) is 1. The van der Waals surface area contributed by atoms with E-state index in [-0.39, 0.29) is 10.0 Å². The number of halogens is 3. The van der Waals surface area contributed by atoms with Gasteiger partial charge in [0.05, 0.1) is 10.0 Å². The molecule has 0 saturated carbocycles. The Kier molecular flexibility index (Phi) is 4.22. The van der Waals surface area contributed by atoms with Gasteiger partial charge < -0.3 is 5.32 Å². The fourth-order valence-corrected chi connectivity index (χ4v) is 2.23. The summed E-state index contributed by atoms with van der Waals surface area (Å²) in [5.74, 6) is -1.07. The SMILES string of the molecule is Cc1cc(Cl)ccc1NC(=O)c1cccc(Br)c1F. The average Bonchev–Trinajstić information content (AvgIpc) is 2.36. The third kappa shape index (κ3) is 3.14. The van der Waals surface area contributed by atoms with Gasteiger partial charge in [0.15, 0.2) is 0 Å². The number of rotatable bonds is 2. The highest BCUT2D eigenvalue weighted by Crippen LogP contribution is 2.22. The van der Waals surface area contributed by atoms with Crippen molar-refractivity contribution >= 4 is 39.1 Å². The van der Waals surface area contributed by atoms with Crippen molar-refractivity contribution in [1.82, 2.24) is 0 Å². The van der Waals surface area contributed by atoms with Gasteiger partial charge in [-0.3, -0.25) is 4.79 Å². The quantitative estimate of drug-likeness (QED) is 0.834. The molecular weight excluding hydrogens is 333 g/mol. The second-order valence-corrected chi connectivity index (χ2v) is 5.31. The van der Waals surface area contributed by atoms with E-state index in [0.29, 0.717) is 10.7 Å². The first-order chi connectivity index (χ1) is 8.99. The van der Waals surface area contributed by atoms with Crippen LogP contribution in [0.1, 0.15) is 15.9 Å². The van der Waals surface area contributed by atoms with Gasteiger partial charge in [0.2, 0.25) is 0 Å². The Morgan fingerprint density at radius 1 is 1.32 bits per heavy atom. The fourth-order valence-electron chi connectivity index (χ4n) is 1.64. The maximum absolute atomic E-state index is 13.8. The Hall–Kier alpha value is -1.39. The Balaban J connectivity index is 2.28. The second kappa shape index (κ2) is 5.72. The zero-order valence-corrected chi connectivity index (χ0v) is 12.3. The van der Waals surface area contributed by atoms with Crippen LogP contribution >= 0.6 is 27.5 Å². The van der Waals surface area contributed by atoms with Gasteiger partial charge in [0, 0.05) is 10.7 Å². The lowest BCUT2D eigenvalue weighted by molar-refractivity contribution is 0.102. The van der Waals surface area contributed by atoms with E-state index in [9.17, 15) is 9.18 Å². The molecule has 1 N–H and O–H groups in total. The molecule has 1 amide bonds. The number of anilines is 1. The number of aryl methyl sites for hydroxylation is 1. The molecule has 2 aromatic rings. The predicted molar refractivity (Wildman–Crippen MR) is 78.2 cm³/mol. The van der Waals surface area contributed by atoms with E-state index in [0.717, 1.165) is 5.56 Å². The van der Waals surface area contributed by atoms with Gasteiger partial charge in [0.25, 0.3) is 5.91 Å². The second-order valence-electron chi connectivity index (χ2n) is 4.01. The van der Waals surface area contributed by atoms with Crippen LogP contribution in [0.3, 0.4) is 0 Å². The van der Waals surface area contributed by atoms with Gasteiger partial charge in [-0.25, -0.2) is 4.39 Å². The lowest BCUT2D eigenvalue weighted by Crippen LogP contribution is -2.14. The zero-order valence-electron chi connectivity index (χ0n) is 10.0. The molecule has 0 bridgehead atoms. The largest absolute Gasteiger partial charge is 0.322 e. The van der Waals surface area contributed by atoms with Crippen molar-refractivity contribution in [3.05, 3.63) is 62.8 Å². The van der Waals surface area contributed by atoms with Crippen LogP contribution in [0.15, 0.2) is 40.9 Å². The van der Waals surface area contributed by atoms with Gasteiger partial charge in [-0.15, -0.1) is 0 Å². The highest BCUT2D eigenvalue weighted by Gasteiger charge is 2.14. The fraction of sp³-hybridized carbons (Fsp3) is 0.0714. The van der Waals surface area contributed by atoms with Crippen molar-refractivity contribution < 1.29 is 9.18 Å². The van der Waals surface area contributed by atoms with Crippen LogP contribution in [0.2, 0.25) is 5.02 Å². The van der Waals surface area contributed by atoms with Gasteiger partial charge in [0.1, 0.15) is 5.82 Å². The van der Waals surface area contributed by atoms with E-state index in [1.165, 1.54) is 6.07 Å². The molecule has 5 heteroatoms. The number of hydrogen-bond acceptors (Lipinski definition) is 1. The Bertz CT molecular complexity index is 645. The molecule has 19 heavy (non-hydrogen) atoms. The normalized spacial score (nSPS) is 10.3. The summed E-state index contributed by atoms with van der Waals surface area (Å²) in [6.07, 6.45) is 0. The zero-order chi connectivity index (χ0) is 14.0. The summed E-state index contributed by atoms with van der Waals surface area (Å²) in [5, 5.41) is 3.25. The smallest absolute Gasteiger partial charge is 0.258 e. The van der Waals surface area contributed by atoms with Crippen LogP contribution in [-0.2, 0) is 0 Å². The molecule has 0 unspecified atom stereocenters. The molecule has 0 aliphatic rings. The Labute approximate surface area is 123 Å². The number of amides is 1. The lowest BCUT2D eigenvalue weighted by Gasteiger charge is -2.09. The van der Waals surface area contributed by atoms with E-state index in [4.69, 9.17) is 11.6 Å². The number of nitrogens with one attached hydrogen (secondary N) is 1. The van der Waals surface area contributed by atoms with E-state index in [1.54, 1.807) is 30.3 Å². The monoisotopic (exact) mass is 341 g/mol. The third-order valence-electron chi connectivity index (χ3n) is 2.63. The van der Waals surface area contributed by atoms with Crippen LogP contribution in [0.25, 0.3) is 0 Å². The summed E-state index contributed by atoms with van der Waals surface area (Å²) in [6, 6.07) is 9.67. The summed E-state index contributed by atoms with van der Waals surface area (Å²) in [5.41, 5.74) is 1.41. The van der Waals surface area contributed by atoms with Crippen molar-refractivity contribution in [1.29, 1.82) is 0 Å². The molecule has 0 saturated heterocycles. The molecule has 2 rings (SSSR count). The molecule has 98 valence electrons. The number of benzene rings is 2. The van der Waals surface area contributed by atoms with Crippen molar-refractivity contribution in [3.63, 3.8) is 0 Å². The number of carbonyl (C=O) groups is 1. The molecule has 0 aliphatic heterocycles. The van der Waals surface area contributed by atoms with Crippen molar-refractivity contribution in [2.24, 2.45) is 0 Å². The van der Waals surface area contributed by atoms with Crippen LogP contribution in [0, 0.1) is 12.7 Å². The van der Waals surface area contributed by atoms with Crippen LogP contribution < -0.4 is 5.32 Å².